The second kappa shape index (κ2) is 4.37. The SMILES string of the molecule is CC1(C(N)=O)CCN(C(=O)c2ccc3cc[nH]c3c2)C1. The molecule has 1 atom stereocenters. The molecule has 2 heterocycles. The lowest BCUT2D eigenvalue weighted by molar-refractivity contribution is -0.126. The number of fused-ring (bicyclic) bond motifs is 1. The Labute approximate surface area is 116 Å². The molecule has 1 aliphatic rings. The highest BCUT2D eigenvalue weighted by Crippen LogP contribution is 2.30. The Bertz CT molecular complexity index is 691. The highest BCUT2D eigenvalue weighted by atomic mass is 16.2. The van der Waals surface area contributed by atoms with E-state index in [1.807, 2.05) is 37.4 Å². The molecule has 0 spiro atoms. The van der Waals surface area contributed by atoms with Crippen molar-refractivity contribution in [2.24, 2.45) is 11.1 Å². The number of carbonyl (C=O) groups excluding carboxylic acids is 2. The summed E-state index contributed by atoms with van der Waals surface area (Å²) in [6, 6.07) is 7.54. The zero-order valence-corrected chi connectivity index (χ0v) is 11.3. The molecule has 1 saturated heterocycles. The summed E-state index contributed by atoms with van der Waals surface area (Å²) < 4.78 is 0. The summed E-state index contributed by atoms with van der Waals surface area (Å²) >= 11 is 0. The van der Waals surface area contributed by atoms with Crippen molar-refractivity contribution in [3.05, 3.63) is 36.0 Å². The largest absolute Gasteiger partial charge is 0.369 e. The molecule has 3 N–H and O–H groups in total. The van der Waals surface area contributed by atoms with E-state index in [0.29, 0.717) is 25.1 Å². The van der Waals surface area contributed by atoms with Crippen molar-refractivity contribution >= 4 is 22.7 Å². The van der Waals surface area contributed by atoms with E-state index in [9.17, 15) is 9.59 Å². The molecule has 104 valence electrons. The summed E-state index contributed by atoms with van der Waals surface area (Å²) in [6.07, 6.45) is 2.47. The van der Waals surface area contributed by atoms with Gasteiger partial charge in [-0.2, -0.15) is 0 Å². The fourth-order valence-electron chi connectivity index (χ4n) is 2.70. The van der Waals surface area contributed by atoms with Crippen LogP contribution in [0, 0.1) is 5.41 Å². The Kier molecular flexibility index (Phi) is 2.78. The van der Waals surface area contributed by atoms with E-state index >= 15 is 0 Å². The van der Waals surface area contributed by atoms with E-state index in [0.717, 1.165) is 10.9 Å². The summed E-state index contributed by atoms with van der Waals surface area (Å²) in [4.78, 5) is 28.7. The average Bonchev–Trinajstić information content (AvgIpc) is 3.04. The van der Waals surface area contributed by atoms with E-state index in [4.69, 9.17) is 5.73 Å². The molecule has 0 saturated carbocycles. The Hall–Kier alpha value is -2.30. The van der Waals surface area contributed by atoms with Gasteiger partial charge in [-0.15, -0.1) is 0 Å². The Morgan fingerprint density at radius 3 is 2.85 bits per heavy atom. The first-order chi connectivity index (χ1) is 9.49. The molecule has 1 fully saturated rings. The lowest BCUT2D eigenvalue weighted by Gasteiger charge is -2.21. The van der Waals surface area contributed by atoms with Crippen LogP contribution >= 0.6 is 0 Å². The standard InChI is InChI=1S/C15H17N3O2/c1-15(14(16)20)5-7-18(9-15)13(19)11-3-2-10-4-6-17-12(10)8-11/h2-4,6,8,17H,5,7,9H2,1H3,(H2,16,20). The second-order valence-electron chi connectivity index (χ2n) is 5.68. The fourth-order valence-corrected chi connectivity index (χ4v) is 2.70. The minimum Gasteiger partial charge on any atom is -0.369 e. The van der Waals surface area contributed by atoms with E-state index < -0.39 is 5.41 Å². The number of aromatic nitrogens is 1. The maximum absolute atomic E-state index is 12.5. The molecule has 1 unspecified atom stereocenters. The highest BCUT2D eigenvalue weighted by molar-refractivity contribution is 5.98. The summed E-state index contributed by atoms with van der Waals surface area (Å²) in [5.41, 5.74) is 6.38. The van der Waals surface area contributed by atoms with Gasteiger partial charge >= 0.3 is 0 Å². The van der Waals surface area contributed by atoms with Crippen LogP contribution in [0.1, 0.15) is 23.7 Å². The number of likely N-dealkylation sites (tertiary alicyclic amines) is 1. The van der Waals surface area contributed by atoms with Gasteiger partial charge in [-0.05, 0) is 36.9 Å². The van der Waals surface area contributed by atoms with Gasteiger partial charge in [-0.1, -0.05) is 6.07 Å². The van der Waals surface area contributed by atoms with Crippen LogP contribution in [0.15, 0.2) is 30.5 Å². The minimum atomic E-state index is -0.605. The van der Waals surface area contributed by atoms with Gasteiger partial charge in [0, 0.05) is 30.4 Å². The second-order valence-corrected chi connectivity index (χ2v) is 5.68. The zero-order chi connectivity index (χ0) is 14.3. The molecule has 2 aromatic rings. The lowest BCUT2D eigenvalue weighted by Crippen LogP contribution is -2.38. The monoisotopic (exact) mass is 271 g/mol. The molecule has 5 heteroatoms. The van der Waals surface area contributed by atoms with Crippen LogP contribution in [0.4, 0.5) is 0 Å². The Morgan fingerprint density at radius 1 is 1.35 bits per heavy atom. The van der Waals surface area contributed by atoms with Gasteiger partial charge in [-0.3, -0.25) is 9.59 Å². The van der Waals surface area contributed by atoms with Crippen molar-refractivity contribution < 1.29 is 9.59 Å². The Morgan fingerprint density at radius 2 is 2.15 bits per heavy atom. The van der Waals surface area contributed by atoms with Crippen molar-refractivity contribution in [2.75, 3.05) is 13.1 Å². The van der Waals surface area contributed by atoms with Crippen LogP contribution in [0.5, 0.6) is 0 Å². The van der Waals surface area contributed by atoms with Crippen molar-refractivity contribution in [1.82, 2.24) is 9.88 Å². The average molecular weight is 271 g/mol. The number of amides is 2. The first kappa shape index (κ1) is 12.7. The van der Waals surface area contributed by atoms with Gasteiger partial charge < -0.3 is 15.6 Å². The normalized spacial score (nSPS) is 22.4. The number of hydrogen-bond acceptors (Lipinski definition) is 2. The van der Waals surface area contributed by atoms with E-state index in [2.05, 4.69) is 4.98 Å². The van der Waals surface area contributed by atoms with Crippen LogP contribution in [0.25, 0.3) is 10.9 Å². The highest BCUT2D eigenvalue weighted by Gasteiger charge is 2.40. The number of aromatic amines is 1. The van der Waals surface area contributed by atoms with E-state index in [-0.39, 0.29) is 11.8 Å². The van der Waals surface area contributed by atoms with Gasteiger partial charge in [-0.25, -0.2) is 0 Å². The minimum absolute atomic E-state index is 0.0496. The van der Waals surface area contributed by atoms with E-state index in [1.165, 1.54) is 0 Å². The number of hydrogen-bond donors (Lipinski definition) is 2. The third-order valence-corrected chi connectivity index (χ3v) is 4.16. The smallest absolute Gasteiger partial charge is 0.253 e. The quantitative estimate of drug-likeness (QED) is 0.868. The molecular formula is C15H17N3O2. The molecule has 0 bridgehead atoms. The van der Waals surface area contributed by atoms with Crippen molar-refractivity contribution in [3.63, 3.8) is 0 Å². The summed E-state index contributed by atoms with van der Waals surface area (Å²) in [5.74, 6) is -0.390. The molecule has 1 aliphatic heterocycles. The number of nitrogens with one attached hydrogen (secondary N) is 1. The van der Waals surface area contributed by atoms with Gasteiger partial charge in [0.1, 0.15) is 0 Å². The molecule has 5 nitrogen and oxygen atoms in total. The number of primary amides is 1. The number of benzene rings is 1. The van der Waals surface area contributed by atoms with Gasteiger partial charge in [0.2, 0.25) is 5.91 Å². The third-order valence-electron chi connectivity index (χ3n) is 4.16. The molecule has 20 heavy (non-hydrogen) atoms. The number of H-pyrrole nitrogens is 1. The number of nitrogens with zero attached hydrogens (tertiary/aromatic N) is 1. The predicted molar refractivity (Wildman–Crippen MR) is 76.1 cm³/mol. The molecule has 0 aliphatic carbocycles. The number of rotatable bonds is 2. The van der Waals surface area contributed by atoms with Crippen LogP contribution < -0.4 is 5.73 Å². The maximum Gasteiger partial charge on any atom is 0.253 e. The van der Waals surface area contributed by atoms with Gasteiger partial charge in [0.15, 0.2) is 0 Å². The number of nitrogens with two attached hydrogens (primary N) is 1. The summed E-state index contributed by atoms with van der Waals surface area (Å²) in [5, 5.41) is 1.07. The lowest BCUT2D eigenvalue weighted by atomic mass is 9.89. The third kappa shape index (κ3) is 1.95. The molecule has 1 aromatic heterocycles. The number of carbonyl (C=O) groups is 2. The van der Waals surface area contributed by atoms with Crippen molar-refractivity contribution in [3.8, 4) is 0 Å². The van der Waals surface area contributed by atoms with E-state index in [1.54, 1.807) is 4.90 Å². The topological polar surface area (TPSA) is 79.2 Å². The van der Waals surface area contributed by atoms with Crippen LogP contribution in [0.3, 0.4) is 0 Å². The molecular weight excluding hydrogens is 254 g/mol. The fraction of sp³-hybridized carbons (Fsp3) is 0.333. The first-order valence-electron chi connectivity index (χ1n) is 6.66. The van der Waals surface area contributed by atoms with Crippen molar-refractivity contribution in [1.29, 1.82) is 0 Å². The van der Waals surface area contributed by atoms with Crippen LogP contribution in [-0.2, 0) is 4.79 Å². The molecule has 0 radical (unpaired) electrons. The van der Waals surface area contributed by atoms with Gasteiger partial charge in [0.05, 0.1) is 5.41 Å². The molecule has 2 amide bonds. The first-order valence-corrected chi connectivity index (χ1v) is 6.66. The van der Waals surface area contributed by atoms with Crippen molar-refractivity contribution in [2.45, 2.75) is 13.3 Å². The van der Waals surface area contributed by atoms with Gasteiger partial charge in [0.25, 0.3) is 5.91 Å². The summed E-state index contributed by atoms with van der Waals surface area (Å²) in [6.45, 7) is 2.78. The van der Waals surface area contributed by atoms with Crippen LogP contribution in [-0.4, -0.2) is 34.8 Å². The molecule has 1 aromatic carbocycles. The maximum atomic E-state index is 12.5. The Balaban J connectivity index is 1.84. The van der Waals surface area contributed by atoms with Crippen LogP contribution in [0.2, 0.25) is 0 Å². The predicted octanol–water partition coefficient (Wildman–Crippen LogP) is 1.51. The molecule has 3 rings (SSSR count). The summed E-state index contributed by atoms with van der Waals surface area (Å²) in [7, 11) is 0. The zero-order valence-electron chi connectivity index (χ0n) is 11.3.